The van der Waals surface area contributed by atoms with E-state index in [4.69, 9.17) is 15.2 Å². The third-order valence-corrected chi connectivity index (χ3v) is 7.85. The maximum Gasteiger partial charge on any atom is 0.349 e. The van der Waals surface area contributed by atoms with Gasteiger partial charge in [0.1, 0.15) is 0 Å². The molecule has 13 heteroatoms. The Balaban J connectivity index is 0.000000275. The molecule has 0 bridgehead atoms. The number of anilines is 1. The van der Waals surface area contributed by atoms with Crippen molar-refractivity contribution in [1.82, 2.24) is 9.55 Å². The Morgan fingerprint density at radius 1 is 0.804 bits per heavy atom. The number of hydrogen-bond donors (Lipinski definition) is 3. The number of carboxylic acids is 2. The topological polar surface area (TPSA) is 188 Å². The van der Waals surface area contributed by atoms with Crippen LogP contribution in [0.15, 0.2) is 90.2 Å². The molecule has 0 aliphatic heterocycles. The Hall–Kier alpha value is -5.30. The van der Waals surface area contributed by atoms with Crippen molar-refractivity contribution in [2.24, 2.45) is 0 Å². The van der Waals surface area contributed by atoms with Crippen molar-refractivity contribution in [3.05, 3.63) is 113 Å². The quantitative estimate of drug-likeness (QED) is 0.146. The molecule has 0 aliphatic carbocycles. The van der Waals surface area contributed by atoms with E-state index in [9.17, 15) is 33.6 Å². The van der Waals surface area contributed by atoms with E-state index >= 15 is 0 Å². The van der Waals surface area contributed by atoms with Crippen LogP contribution in [0, 0.1) is 13.8 Å². The highest BCUT2D eigenvalue weighted by Crippen LogP contribution is 2.16. The average molecular weight is 650 g/mol. The third-order valence-electron chi connectivity index (χ3n) is 6.49. The lowest BCUT2D eigenvalue weighted by Crippen LogP contribution is -2.45. The van der Waals surface area contributed by atoms with Crippen LogP contribution >= 0.6 is 0 Å². The molecule has 4 rings (SSSR count). The van der Waals surface area contributed by atoms with E-state index in [1.54, 1.807) is 62.8 Å². The Bertz CT molecular complexity index is 1590. The van der Waals surface area contributed by atoms with Gasteiger partial charge in [0.25, 0.3) is 0 Å². The van der Waals surface area contributed by atoms with E-state index in [0.29, 0.717) is 11.4 Å². The molecule has 46 heavy (non-hydrogen) atoms. The fourth-order valence-corrected chi connectivity index (χ4v) is 5.09. The lowest BCUT2D eigenvalue weighted by Gasteiger charge is -2.21. The van der Waals surface area contributed by atoms with Crippen LogP contribution in [0.4, 0.5) is 5.69 Å². The van der Waals surface area contributed by atoms with Crippen LogP contribution in [0.3, 0.4) is 0 Å². The smallest absolute Gasteiger partial charge is 0.349 e. The summed E-state index contributed by atoms with van der Waals surface area (Å²) >= 11 is 0. The van der Waals surface area contributed by atoms with Crippen molar-refractivity contribution in [1.29, 1.82) is 0 Å². The number of imidazole rings is 1. The molecule has 0 unspecified atom stereocenters. The molecule has 0 saturated carbocycles. The van der Waals surface area contributed by atoms with Gasteiger partial charge in [-0.2, -0.15) is 0 Å². The number of ether oxygens (including phenoxy) is 2. The molecule has 4 N–H and O–H groups in total. The van der Waals surface area contributed by atoms with Crippen molar-refractivity contribution in [3.8, 4) is 0 Å². The lowest BCUT2D eigenvalue weighted by molar-refractivity contribution is -0.166. The molecule has 12 nitrogen and oxygen atoms in total. The van der Waals surface area contributed by atoms with Gasteiger partial charge in [0.05, 0.1) is 39.7 Å². The number of aliphatic carboxylic acids is 2. The summed E-state index contributed by atoms with van der Waals surface area (Å²) < 4.78 is 23.9. The summed E-state index contributed by atoms with van der Waals surface area (Å²) in [5.74, 6) is -5.13. The number of nitrogens with zero attached hydrogens (tertiary/aromatic N) is 2. The van der Waals surface area contributed by atoms with Gasteiger partial charge in [-0.05, 0) is 68.8 Å². The summed E-state index contributed by atoms with van der Waals surface area (Å²) in [6.07, 6.45) is 0.170. The summed E-state index contributed by atoms with van der Waals surface area (Å²) in [6, 6.07) is 19.2. The van der Waals surface area contributed by atoms with Crippen LogP contribution < -0.4 is 5.73 Å². The fraction of sp³-hybridized carbons (Fsp3) is 0.242. The van der Waals surface area contributed by atoms with Gasteiger partial charge in [-0.15, -0.1) is 0 Å². The molecule has 242 valence electrons. The summed E-state index contributed by atoms with van der Waals surface area (Å²) in [7, 11) is -1.05. The first-order valence-electron chi connectivity index (χ1n) is 14.1. The highest BCUT2D eigenvalue weighted by atomic mass is 32.2. The van der Waals surface area contributed by atoms with E-state index in [2.05, 4.69) is 16.5 Å². The average Bonchev–Trinajstić information content (AvgIpc) is 3.46. The van der Waals surface area contributed by atoms with Crippen LogP contribution in [0.1, 0.15) is 50.9 Å². The number of aryl methyl sites for hydroxylation is 3. The van der Waals surface area contributed by atoms with Gasteiger partial charge >= 0.3 is 23.9 Å². The molecule has 4 aromatic rings. The van der Waals surface area contributed by atoms with Crippen molar-refractivity contribution in [3.63, 3.8) is 0 Å². The fourth-order valence-electron chi connectivity index (χ4n) is 3.98. The largest absolute Gasteiger partial charge is 0.478 e. The first kappa shape index (κ1) is 35.2. The molecular formula is C33H35N3O9S. The zero-order valence-corrected chi connectivity index (χ0v) is 26.3. The Labute approximate surface area is 268 Å². The number of esters is 2. The second-order valence-corrected chi connectivity index (χ2v) is 11.6. The van der Waals surface area contributed by atoms with Crippen molar-refractivity contribution in [2.45, 2.75) is 56.6 Å². The SMILES string of the molecule is CCCn1cncc1C[S@](=O)c1ccc(N)cc1.Cc1ccc(C(=O)O[C@H](C(=O)O)[C@H](OC(=O)c2ccc(C)cc2)C(=O)O)cc1. The summed E-state index contributed by atoms with van der Waals surface area (Å²) in [4.78, 5) is 52.2. The van der Waals surface area contributed by atoms with Crippen LogP contribution in [0.2, 0.25) is 0 Å². The molecule has 0 aliphatic rings. The number of benzene rings is 3. The molecule has 1 heterocycles. The Morgan fingerprint density at radius 3 is 1.67 bits per heavy atom. The summed E-state index contributed by atoms with van der Waals surface area (Å²) in [5, 5.41) is 18.6. The summed E-state index contributed by atoms with van der Waals surface area (Å²) in [6.45, 7) is 6.61. The van der Waals surface area contributed by atoms with Gasteiger partial charge in [0.2, 0.25) is 12.2 Å². The predicted molar refractivity (Wildman–Crippen MR) is 170 cm³/mol. The molecule has 3 atom stereocenters. The van der Waals surface area contributed by atoms with Crippen LogP contribution in [0.25, 0.3) is 0 Å². The predicted octanol–water partition coefficient (Wildman–Crippen LogP) is 4.41. The van der Waals surface area contributed by atoms with E-state index in [0.717, 1.165) is 34.7 Å². The number of hydrogen-bond acceptors (Lipinski definition) is 9. The number of rotatable bonds is 12. The minimum atomic E-state index is -2.22. The normalized spacial score (nSPS) is 12.5. The molecule has 0 fully saturated rings. The number of aromatic nitrogens is 2. The second-order valence-electron chi connectivity index (χ2n) is 10.2. The van der Waals surface area contributed by atoms with Gasteiger partial charge < -0.3 is 30.0 Å². The van der Waals surface area contributed by atoms with E-state index in [1.807, 2.05) is 12.1 Å². The molecule has 0 spiro atoms. The summed E-state index contributed by atoms with van der Waals surface area (Å²) in [5.41, 5.74) is 9.10. The third kappa shape index (κ3) is 10.1. The minimum absolute atomic E-state index is 0.0332. The molecule has 0 saturated heterocycles. The molecule has 3 aromatic carbocycles. The number of carboxylic acid groups (broad SMARTS) is 2. The first-order chi connectivity index (χ1) is 21.9. The van der Waals surface area contributed by atoms with Crippen LogP contribution in [-0.2, 0) is 42.2 Å². The molecule has 1 aromatic heterocycles. The molecular weight excluding hydrogens is 614 g/mol. The minimum Gasteiger partial charge on any atom is -0.478 e. The van der Waals surface area contributed by atoms with E-state index in [-0.39, 0.29) is 11.1 Å². The number of nitrogen functional groups attached to an aromatic ring is 1. The standard InChI is InChI=1S/C20H18O8.C13H17N3OS/c1-11-3-7-13(8-4-11)19(25)27-15(17(21)22)16(18(23)24)28-20(26)14-9-5-12(2)6-10-14;1-2-7-16-10-15-8-12(16)9-18(17)13-5-3-11(14)4-6-13/h3-10,15-16H,1-2H3,(H,21,22)(H,23,24);3-6,8,10H,2,7,9,14H2,1H3/t15-,16-;18-/m00/s1. The maximum absolute atomic E-state index is 12.2. The van der Waals surface area contributed by atoms with Crippen molar-refractivity contribution in [2.75, 3.05) is 5.73 Å². The number of carbonyl (C=O) groups excluding carboxylic acids is 2. The van der Waals surface area contributed by atoms with Crippen molar-refractivity contribution >= 4 is 40.4 Å². The van der Waals surface area contributed by atoms with Gasteiger partial charge in [0.15, 0.2) is 0 Å². The first-order valence-corrected chi connectivity index (χ1v) is 15.4. The maximum atomic E-state index is 12.2. The number of nitrogens with two attached hydrogens (primary N) is 1. The van der Waals surface area contributed by atoms with Gasteiger partial charge in [-0.25, -0.2) is 24.2 Å². The number of carbonyl (C=O) groups is 4. The second kappa shape index (κ2) is 16.7. The highest BCUT2D eigenvalue weighted by Gasteiger charge is 2.41. The molecule has 0 radical (unpaired) electrons. The lowest BCUT2D eigenvalue weighted by atomic mass is 10.1. The zero-order valence-electron chi connectivity index (χ0n) is 25.5. The van der Waals surface area contributed by atoms with Gasteiger partial charge in [0, 0.05) is 23.3 Å². The van der Waals surface area contributed by atoms with E-state index < -0.39 is 46.9 Å². The van der Waals surface area contributed by atoms with Crippen molar-refractivity contribution < 1.29 is 43.1 Å². The Kier molecular flexibility index (Phi) is 12.8. The van der Waals surface area contributed by atoms with Crippen LogP contribution in [0.5, 0.6) is 0 Å². The van der Waals surface area contributed by atoms with Crippen LogP contribution in [-0.4, -0.2) is 60.1 Å². The van der Waals surface area contributed by atoms with Gasteiger partial charge in [-0.1, -0.05) is 42.3 Å². The van der Waals surface area contributed by atoms with E-state index in [1.165, 1.54) is 24.3 Å². The Morgan fingerprint density at radius 2 is 1.26 bits per heavy atom. The van der Waals surface area contributed by atoms with Gasteiger partial charge in [-0.3, -0.25) is 4.21 Å². The zero-order chi connectivity index (χ0) is 33.8. The highest BCUT2D eigenvalue weighted by molar-refractivity contribution is 7.84. The molecule has 0 amide bonds. The monoisotopic (exact) mass is 649 g/mol.